The molecule has 0 aromatic carbocycles. The molecule has 0 bridgehead atoms. The fraction of sp³-hybridized carbons (Fsp3) is 0.833. The van der Waals surface area contributed by atoms with Crippen LogP contribution in [-0.4, -0.2) is 45.2 Å². The molecule has 18 heavy (non-hydrogen) atoms. The summed E-state index contributed by atoms with van der Waals surface area (Å²) >= 11 is 0. The van der Waals surface area contributed by atoms with Gasteiger partial charge in [0.1, 0.15) is 11.8 Å². The largest absolute Gasteiger partial charge is 0.469 e. The standard InChI is InChI=1S/C12H18O6/c1-15-10(13)8-4-3-5-9(11(14)16-2)12(8)17-6-7-18-12/h8-9H,3-7H2,1-2H3/t8-,9-/m1/s1. The molecule has 1 spiro atoms. The third kappa shape index (κ3) is 1.99. The van der Waals surface area contributed by atoms with Crippen molar-refractivity contribution in [2.24, 2.45) is 11.8 Å². The Hall–Kier alpha value is -1.14. The van der Waals surface area contributed by atoms with Gasteiger partial charge in [0.2, 0.25) is 0 Å². The summed E-state index contributed by atoms with van der Waals surface area (Å²) in [7, 11) is 2.65. The lowest BCUT2D eigenvalue weighted by Crippen LogP contribution is -2.55. The molecule has 2 atom stereocenters. The van der Waals surface area contributed by atoms with Crippen molar-refractivity contribution in [2.45, 2.75) is 25.0 Å². The number of hydrogen-bond acceptors (Lipinski definition) is 6. The highest BCUT2D eigenvalue weighted by molar-refractivity contribution is 5.78. The number of carbonyl (C=O) groups excluding carboxylic acids is 2. The highest BCUT2D eigenvalue weighted by Crippen LogP contribution is 2.45. The van der Waals surface area contributed by atoms with Crippen molar-refractivity contribution in [1.29, 1.82) is 0 Å². The third-order valence-electron chi connectivity index (χ3n) is 3.67. The van der Waals surface area contributed by atoms with Crippen molar-refractivity contribution in [3.8, 4) is 0 Å². The van der Waals surface area contributed by atoms with E-state index in [0.717, 1.165) is 6.42 Å². The molecule has 2 rings (SSSR count). The topological polar surface area (TPSA) is 71.1 Å². The SMILES string of the molecule is COC(=O)[C@H]1CCC[C@H](C(=O)OC)C12OCCO2. The van der Waals surface area contributed by atoms with E-state index in [9.17, 15) is 9.59 Å². The Labute approximate surface area is 106 Å². The molecule has 0 aromatic rings. The zero-order valence-corrected chi connectivity index (χ0v) is 10.6. The Morgan fingerprint density at radius 2 is 1.44 bits per heavy atom. The lowest BCUT2D eigenvalue weighted by Gasteiger charge is -2.42. The molecule has 6 nitrogen and oxygen atoms in total. The average molecular weight is 258 g/mol. The molecule has 102 valence electrons. The van der Waals surface area contributed by atoms with Crippen LogP contribution in [0.3, 0.4) is 0 Å². The van der Waals surface area contributed by atoms with Crippen LogP contribution in [0.2, 0.25) is 0 Å². The van der Waals surface area contributed by atoms with Gasteiger partial charge >= 0.3 is 11.9 Å². The molecule has 0 unspecified atom stereocenters. The van der Waals surface area contributed by atoms with Crippen molar-refractivity contribution in [1.82, 2.24) is 0 Å². The van der Waals surface area contributed by atoms with Gasteiger partial charge in [0.05, 0.1) is 27.4 Å². The summed E-state index contributed by atoms with van der Waals surface area (Å²) < 4.78 is 20.8. The smallest absolute Gasteiger partial charge is 0.314 e. The normalized spacial score (nSPS) is 30.1. The Morgan fingerprint density at radius 3 is 1.83 bits per heavy atom. The van der Waals surface area contributed by atoms with Gasteiger partial charge in [0.25, 0.3) is 0 Å². The number of carbonyl (C=O) groups is 2. The maximum atomic E-state index is 11.9. The maximum absolute atomic E-state index is 11.9. The lowest BCUT2D eigenvalue weighted by molar-refractivity contribution is -0.249. The van der Waals surface area contributed by atoms with Gasteiger partial charge in [-0.25, -0.2) is 0 Å². The third-order valence-corrected chi connectivity index (χ3v) is 3.67. The van der Waals surface area contributed by atoms with Gasteiger partial charge in [-0.1, -0.05) is 6.42 Å². The Morgan fingerprint density at radius 1 is 1.00 bits per heavy atom. The summed E-state index contributed by atoms with van der Waals surface area (Å²) in [6.45, 7) is 0.752. The quantitative estimate of drug-likeness (QED) is 0.671. The van der Waals surface area contributed by atoms with Gasteiger partial charge in [0.15, 0.2) is 5.79 Å². The van der Waals surface area contributed by atoms with Crippen molar-refractivity contribution in [2.75, 3.05) is 27.4 Å². The van der Waals surface area contributed by atoms with Crippen LogP contribution in [0.25, 0.3) is 0 Å². The van der Waals surface area contributed by atoms with E-state index in [0.29, 0.717) is 26.1 Å². The van der Waals surface area contributed by atoms with Gasteiger partial charge < -0.3 is 18.9 Å². The van der Waals surface area contributed by atoms with Gasteiger partial charge in [-0.2, -0.15) is 0 Å². The second-order valence-corrected chi connectivity index (χ2v) is 4.50. The maximum Gasteiger partial charge on any atom is 0.314 e. The molecule has 1 saturated carbocycles. The first-order valence-electron chi connectivity index (χ1n) is 6.09. The first kappa shape index (κ1) is 13.3. The van der Waals surface area contributed by atoms with Crippen LogP contribution in [0.1, 0.15) is 19.3 Å². The van der Waals surface area contributed by atoms with Crippen molar-refractivity contribution < 1.29 is 28.5 Å². The van der Waals surface area contributed by atoms with Crippen LogP contribution < -0.4 is 0 Å². The van der Waals surface area contributed by atoms with Crippen molar-refractivity contribution in [3.05, 3.63) is 0 Å². The van der Waals surface area contributed by atoms with E-state index in [2.05, 4.69) is 0 Å². The van der Waals surface area contributed by atoms with E-state index in [-0.39, 0.29) is 0 Å². The molecule has 2 aliphatic rings. The predicted octanol–water partition coefficient (Wildman–Crippen LogP) is 0.492. The lowest BCUT2D eigenvalue weighted by atomic mass is 9.75. The summed E-state index contributed by atoms with van der Waals surface area (Å²) in [5.41, 5.74) is 0. The van der Waals surface area contributed by atoms with Crippen LogP contribution in [-0.2, 0) is 28.5 Å². The molecule has 1 saturated heterocycles. The van der Waals surface area contributed by atoms with Crippen LogP contribution in [0.4, 0.5) is 0 Å². The molecule has 0 radical (unpaired) electrons. The van der Waals surface area contributed by atoms with Crippen LogP contribution in [0.15, 0.2) is 0 Å². The monoisotopic (exact) mass is 258 g/mol. The number of hydrogen-bond donors (Lipinski definition) is 0. The van der Waals surface area contributed by atoms with Crippen LogP contribution in [0, 0.1) is 11.8 Å². The molecular formula is C12H18O6. The van der Waals surface area contributed by atoms with Crippen molar-refractivity contribution in [3.63, 3.8) is 0 Å². The molecule has 2 fully saturated rings. The van der Waals surface area contributed by atoms with E-state index in [4.69, 9.17) is 18.9 Å². The highest BCUT2D eigenvalue weighted by Gasteiger charge is 2.58. The Balaban J connectivity index is 2.30. The van der Waals surface area contributed by atoms with E-state index >= 15 is 0 Å². The summed E-state index contributed by atoms with van der Waals surface area (Å²) in [6.07, 6.45) is 1.94. The summed E-state index contributed by atoms with van der Waals surface area (Å²) in [4.78, 5) is 23.7. The van der Waals surface area contributed by atoms with Crippen LogP contribution in [0.5, 0.6) is 0 Å². The minimum atomic E-state index is -1.20. The fourth-order valence-corrected chi connectivity index (χ4v) is 2.87. The van der Waals surface area contributed by atoms with Gasteiger partial charge in [0, 0.05) is 0 Å². The molecule has 1 heterocycles. The second-order valence-electron chi connectivity index (χ2n) is 4.50. The second kappa shape index (κ2) is 5.24. The van der Waals surface area contributed by atoms with E-state index in [1.807, 2.05) is 0 Å². The zero-order chi connectivity index (χ0) is 13.2. The van der Waals surface area contributed by atoms with Crippen molar-refractivity contribution >= 4 is 11.9 Å². The van der Waals surface area contributed by atoms with Gasteiger partial charge in [-0.15, -0.1) is 0 Å². The molecule has 0 N–H and O–H groups in total. The zero-order valence-electron chi connectivity index (χ0n) is 10.6. The summed E-state index contributed by atoms with van der Waals surface area (Å²) in [5, 5.41) is 0. The predicted molar refractivity (Wildman–Crippen MR) is 59.5 cm³/mol. The first-order valence-corrected chi connectivity index (χ1v) is 6.09. The first-order chi connectivity index (χ1) is 8.65. The molecule has 0 amide bonds. The molecular weight excluding hydrogens is 240 g/mol. The van der Waals surface area contributed by atoms with Gasteiger partial charge in [-0.05, 0) is 12.8 Å². The highest BCUT2D eigenvalue weighted by atomic mass is 16.7. The number of rotatable bonds is 2. The fourth-order valence-electron chi connectivity index (χ4n) is 2.87. The van der Waals surface area contributed by atoms with Crippen LogP contribution >= 0.6 is 0 Å². The molecule has 1 aliphatic heterocycles. The molecule has 0 aromatic heterocycles. The summed E-state index contributed by atoms with van der Waals surface area (Å²) in [6, 6.07) is 0. The minimum absolute atomic E-state index is 0.376. The number of methoxy groups -OCH3 is 2. The molecule has 6 heteroatoms. The van der Waals surface area contributed by atoms with E-state index in [1.54, 1.807) is 0 Å². The molecule has 1 aliphatic carbocycles. The average Bonchev–Trinajstić information content (AvgIpc) is 2.87. The minimum Gasteiger partial charge on any atom is -0.469 e. The summed E-state index contributed by atoms with van der Waals surface area (Å²) in [5.74, 6) is -3.12. The van der Waals surface area contributed by atoms with E-state index < -0.39 is 29.6 Å². The Bertz CT molecular complexity index is 307. The van der Waals surface area contributed by atoms with E-state index in [1.165, 1.54) is 14.2 Å². The number of esters is 2. The number of ether oxygens (including phenoxy) is 4. The Kier molecular flexibility index (Phi) is 3.87. The van der Waals surface area contributed by atoms with Gasteiger partial charge in [-0.3, -0.25) is 9.59 Å².